The van der Waals surface area contributed by atoms with E-state index in [1.165, 1.54) is 5.56 Å². The zero-order chi connectivity index (χ0) is 13.8. The van der Waals surface area contributed by atoms with Crippen LogP contribution in [-0.4, -0.2) is 10.1 Å². The van der Waals surface area contributed by atoms with Gasteiger partial charge in [0.25, 0.3) is 0 Å². The molecule has 1 aromatic carbocycles. The molecule has 0 spiro atoms. The van der Waals surface area contributed by atoms with Gasteiger partial charge in [-0.05, 0) is 18.4 Å². The van der Waals surface area contributed by atoms with E-state index < -0.39 is 0 Å². The van der Waals surface area contributed by atoms with Gasteiger partial charge in [-0.15, -0.1) is 0 Å². The second-order valence-corrected chi connectivity index (χ2v) is 5.05. The number of hydrogen-bond acceptors (Lipinski definition) is 4. The molecule has 4 heteroatoms. The first-order valence-corrected chi connectivity index (χ1v) is 6.77. The number of nitrogens with zero attached hydrogens (tertiary/aromatic N) is 2. The maximum atomic E-state index is 5.79. The first kappa shape index (κ1) is 13.7. The third-order valence-corrected chi connectivity index (χ3v) is 3.50. The third kappa shape index (κ3) is 3.01. The standard InChI is InChI=1S/C15H21N3O/c1-4-10(2)13(12-8-6-5-7-9-12)15-17-14(11(3)16)18-19-15/h5-11,13H,4,16H2,1-3H3. The van der Waals surface area contributed by atoms with Crippen molar-refractivity contribution in [3.05, 3.63) is 47.6 Å². The fourth-order valence-electron chi connectivity index (χ4n) is 2.17. The number of rotatable bonds is 5. The Hall–Kier alpha value is -1.68. The van der Waals surface area contributed by atoms with Gasteiger partial charge in [-0.2, -0.15) is 4.98 Å². The van der Waals surface area contributed by atoms with Crippen LogP contribution in [0.1, 0.15) is 56.4 Å². The van der Waals surface area contributed by atoms with Crippen molar-refractivity contribution in [3.8, 4) is 0 Å². The van der Waals surface area contributed by atoms with E-state index >= 15 is 0 Å². The van der Waals surface area contributed by atoms with Crippen molar-refractivity contribution in [1.82, 2.24) is 10.1 Å². The van der Waals surface area contributed by atoms with Crippen LogP contribution in [0.4, 0.5) is 0 Å². The molecule has 4 nitrogen and oxygen atoms in total. The van der Waals surface area contributed by atoms with E-state index in [9.17, 15) is 0 Å². The van der Waals surface area contributed by atoms with E-state index in [-0.39, 0.29) is 12.0 Å². The summed E-state index contributed by atoms with van der Waals surface area (Å²) in [6.07, 6.45) is 1.05. The van der Waals surface area contributed by atoms with E-state index in [0.717, 1.165) is 6.42 Å². The third-order valence-electron chi connectivity index (χ3n) is 3.50. The number of benzene rings is 1. The van der Waals surface area contributed by atoms with Crippen molar-refractivity contribution < 1.29 is 4.52 Å². The van der Waals surface area contributed by atoms with Crippen LogP contribution in [0.25, 0.3) is 0 Å². The minimum atomic E-state index is -0.203. The minimum Gasteiger partial charge on any atom is -0.339 e. The highest BCUT2D eigenvalue weighted by Gasteiger charge is 2.26. The highest BCUT2D eigenvalue weighted by molar-refractivity contribution is 5.25. The lowest BCUT2D eigenvalue weighted by Crippen LogP contribution is -2.12. The van der Waals surface area contributed by atoms with Gasteiger partial charge < -0.3 is 10.3 Å². The molecule has 2 N–H and O–H groups in total. The number of hydrogen-bond donors (Lipinski definition) is 1. The molecule has 0 aliphatic rings. The Morgan fingerprint density at radius 2 is 1.89 bits per heavy atom. The zero-order valence-electron chi connectivity index (χ0n) is 11.7. The Morgan fingerprint density at radius 3 is 2.42 bits per heavy atom. The molecule has 2 aromatic rings. The molecule has 2 rings (SSSR count). The van der Waals surface area contributed by atoms with Crippen molar-refractivity contribution in [2.75, 3.05) is 0 Å². The average molecular weight is 259 g/mol. The summed E-state index contributed by atoms with van der Waals surface area (Å²) in [5, 5.41) is 3.97. The first-order valence-electron chi connectivity index (χ1n) is 6.77. The Bertz CT molecular complexity index is 507. The molecule has 19 heavy (non-hydrogen) atoms. The molecule has 0 saturated heterocycles. The summed E-state index contributed by atoms with van der Waals surface area (Å²) in [7, 11) is 0. The zero-order valence-corrected chi connectivity index (χ0v) is 11.7. The molecule has 0 aliphatic heterocycles. The summed E-state index contributed by atoms with van der Waals surface area (Å²) >= 11 is 0. The summed E-state index contributed by atoms with van der Waals surface area (Å²) in [6.45, 7) is 6.23. The van der Waals surface area contributed by atoms with Gasteiger partial charge in [0, 0.05) is 0 Å². The molecular formula is C15H21N3O. The van der Waals surface area contributed by atoms with Crippen LogP contribution in [0.2, 0.25) is 0 Å². The van der Waals surface area contributed by atoms with Crippen molar-refractivity contribution in [2.45, 2.75) is 39.2 Å². The van der Waals surface area contributed by atoms with Crippen molar-refractivity contribution >= 4 is 0 Å². The van der Waals surface area contributed by atoms with Crippen LogP contribution < -0.4 is 5.73 Å². The van der Waals surface area contributed by atoms with Crippen LogP contribution in [0.15, 0.2) is 34.9 Å². The molecule has 1 aromatic heterocycles. The van der Waals surface area contributed by atoms with Gasteiger partial charge in [0.15, 0.2) is 5.82 Å². The Labute approximate surface area is 114 Å². The molecule has 102 valence electrons. The van der Waals surface area contributed by atoms with Gasteiger partial charge in [-0.3, -0.25) is 0 Å². The molecule has 3 unspecified atom stereocenters. The summed E-state index contributed by atoms with van der Waals surface area (Å²) in [6, 6.07) is 10.1. The molecular weight excluding hydrogens is 238 g/mol. The summed E-state index contributed by atoms with van der Waals surface area (Å²) in [5.41, 5.74) is 6.99. The summed E-state index contributed by atoms with van der Waals surface area (Å²) in [4.78, 5) is 4.45. The predicted octanol–water partition coefficient (Wildman–Crippen LogP) is 3.27. The van der Waals surface area contributed by atoms with Gasteiger partial charge in [-0.1, -0.05) is 55.8 Å². The fourth-order valence-corrected chi connectivity index (χ4v) is 2.17. The quantitative estimate of drug-likeness (QED) is 0.895. The second-order valence-electron chi connectivity index (χ2n) is 5.05. The van der Waals surface area contributed by atoms with E-state index in [1.807, 2.05) is 25.1 Å². The van der Waals surface area contributed by atoms with Gasteiger partial charge in [0.1, 0.15) is 0 Å². The molecule has 0 saturated carbocycles. The van der Waals surface area contributed by atoms with Crippen LogP contribution in [0, 0.1) is 5.92 Å². The molecule has 3 atom stereocenters. The summed E-state index contributed by atoms with van der Waals surface area (Å²) in [5.74, 6) is 1.79. The van der Waals surface area contributed by atoms with Gasteiger partial charge in [0.2, 0.25) is 5.89 Å². The minimum absolute atomic E-state index is 0.131. The SMILES string of the molecule is CCC(C)C(c1ccccc1)c1nc(C(C)N)no1. The molecule has 0 aliphatic carbocycles. The maximum Gasteiger partial charge on any atom is 0.234 e. The largest absolute Gasteiger partial charge is 0.339 e. The highest BCUT2D eigenvalue weighted by Crippen LogP contribution is 2.32. The lowest BCUT2D eigenvalue weighted by atomic mass is 9.85. The lowest BCUT2D eigenvalue weighted by Gasteiger charge is -2.19. The highest BCUT2D eigenvalue weighted by atomic mass is 16.5. The Morgan fingerprint density at radius 1 is 1.21 bits per heavy atom. The van der Waals surface area contributed by atoms with Crippen molar-refractivity contribution in [1.29, 1.82) is 0 Å². The van der Waals surface area contributed by atoms with Gasteiger partial charge in [-0.25, -0.2) is 0 Å². The lowest BCUT2D eigenvalue weighted by molar-refractivity contribution is 0.327. The van der Waals surface area contributed by atoms with E-state index in [1.54, 1.807) is 0 Å². The molecule has 0 fully saturated rings. The van der Waals surface area contributed by atoms with Crippen molar-refractivity contribution in [3.63, 3.8) is 0 Å². The normalized spacial score (nSPS) is 16.0. The molecule has 1 heterocycles. The Kier molecular flexibility index (Phi) is 4.32. The first-order chi connectivity index (χ1) is 9.13. The van der Waals surface area contributed by atoms with Crippen LogP contribution in [-0.2, 0) is 0 Å². The summed E-state index contributed by atoms with van der Waals surface area (Å²) < 4.78 is 5.42. The van der Waals surface area contributed by atoms with Crippen LogP contribution in [0.3, 0.4) is 0 Å². The van der Waals surface area contributed by atoms with Crippen LogP contribution >= 0.6 is 0 Å². The fraction of sp³-hybridized carbons (Fsp3) is 0.467. The Balaban J connectivity index is 2.37. The average Bonchev–Trinajstić information content (AvgIpc) is 2.89. The monoisotopic (exact) mass is 259 g/mol. The van der Waals surface area contributed by atoms with E-state index in [4.69, 9.17) is 10.3 Å². The van der Waals surface area contributed by atoms with E-state index in [0.29, 0.717) is 17.6 Å². The second kappa shape index (κ2) is 5.97. The topological polar surface area (TPSA) is 64.9 Å². The smallest absolute Gasteiger partial charge is 0.234 e. The van der Waals surface area contributed by atoms with Gasteiger partial charge in [0.05, 0.1) is 12.0 Å². The molecule has 0 radical (unpaired) electrons. The van der Waals surface area contributed by atoms with Crippen molar-refractivity contribution in [2.24, 2.45) is 11.7 Å². The van der Waals surface area contributed by atoms with E-state index in [2.05, 4.69) is 36.1 Å². The number of aromatic nitrogens is 2. The molecule has 0 bridgehead atoms. The maximum absolute atomic E-state index is 5.79. The van der Waals surface area contributed by atoms with Gasteiger partial charge >= 0.3 is 0 Å². The molecule has 0 amide bonds. The number of nitrogens with two attached hydrogens (primary N) is 1. The predicted molar refractivity (Wildman–Crippen MR) is 74.6 cm³/mol. The van der Waals surface area contributed by atoms with Crippen LogP contribution in [0.5, 0.6) is 0 Å².